The maximum absolute atomic E-state index is 11.3. The molecule has 1 aliphatic heterocycles. The van der Waals surface area contributed by atoms with Crippen molar-refractivity contribution in [1.29, 1.82) is 0 Å². The number of rotatable bonds is 3. The van der Waals surface area contributed by atoms with Gasteiger partial charge in [0, 0.05) is 19.1 Å². The number of hydrogen-bond acceptors (Lipinski definition) is 3. The Morgan fingerprint density at radius 3 is 2.80 bits per heavy atom. The number of likely N-dealkylation sites (tertiary alicyclic amines) is 1. The number of sulfonamides is 1. The molecule has 6 heteroatoms. The molecular weight excluding hydrogens is 216 g/mol. The van der Waals surface area contributed by atoms with Crippen LogP contribution in [-0.4, -0.2) is 44.6 Å². The lowest BCUT2D eigenvalue weighted by Gasteiger charge is -2.31. The molecule has 1 N–H and O–H groups in total. The lowest BCUT2D eigenvalue weighted by Crippen LogP contribution is -2.48. The van der Waals surface area contributed by atoms with Gasteiger partial charge in [0.25, 0.3) is 0 Å². The fourth-order valence-corrected chi connectivity index (χ4v) is 2.50. The molecule has 0 saturated carbocycles. The number of amides is 1. The van der Waals surface area contributed by atoms with Crippen molar-refractivity contribution in [3.05, 3.63) is 12.7 Å². The highest BCUT2D eigenvalue weighted by Gasteiger charge is 2.23. The van der Waals surface area contributed by atoms with Gasteiger partial charge in [-0.2, -0.15) is 0 Å². The van der Waals surface area contributed by atoms with Crippen molar-refractivity contribution >= 4 is 15.9 Å². The monoisotopic (exact) mass is 232 g/mol. The van der Waals surface area contributed by atoms with E-state index < -0.39 is 10.0 Å². The van der Waals surface area contributed by atoms with Gasteiger partial charge in [-0.05, 0) is 18.9 Å². The second-order valence-electron chi connectivity index (χ2n) is 3.72. The Morgan fingerprint density at radius 2 is 2.27 bits per heavy atom. The summed E-state index contributed by atoms with van der Waals surface area (Å²) < 4.78 is 24.5. The smallest absolute Gasteiger partial charge is 0.246 e. The number of nitrogens with one attached hydrogen (secondary N) is 1. The van der Waals surface area contributed by atoms with Crippen LogP contribution in [0.5, 0.6) is 0 Å². The number of carbonyl (C=O) groups is 1. The van der Waals surface area contributed by atoms with Crippen molar-refractivity contribution in [2.45, 2.75) is 18.9 Å². The van der Waals surface area contributed by atoms with Gasteiger partial charge >= 0.3 is 0 Å². The molecule has 1 saturated heterocycles. The molecule has 1 fully saturated rings. The lowest BCUT2D eigenvalue weighted by molar-refractivity contribution is -0.127. The van der Waals surface area contributed by atoms with Crippen LogP contribution >= 0.6 is 0 Å². The van der Waals surface area contributed by atoms with E-state index in [1.807, 2.05) is 0 Å². The van der Waals surface area contributed by atoms with E-state index in [1.54, 1.807) is 4.90 Å². The summed E-state index contributed by atoms with van der Waals surface area (Å²) in [6.45, 7) is 4.51. The van der Waals surface area contributed by atoms with Crippen molar-refractivity contribution < 1.29 is 13.2 Å². The van der Waals surface area contributed by atoms with Gasteiger partial charge in [0.05, 0.1) is 6.26 Å². The number of nitrogens with zero attached hydrogens (tertiary/aromatic N) is 1. The zero-order valence-electron chi connectivity index (χ0n) is 8.77. The first-order valence-corrected chi connectivity index (χ1v) is 6.70. The molecule has 0 spiro atoms. The molecule has 0 aromatic heterocycles. The highest BCUT2D eigenvalue weighted by molar-refractivity contribution is 7.88. The van der Waals surface area contributed by atoms with E-state index in [0.29, 0.717) is 13.1 Å². The van der Waals surface area contributed by atoms with E-state index >= 15 is 0 Å². The summed E-state index contributed by atoms with van der Waals surface area (Å²) in [6.07, 6.45) is 3.96. The molecule has 0 unspecified atom stereocenters. The van der Waals surface area contributed by atoms with Crippen LogP contribution in [0.3, 0.4) is 0 Å². The minimum absolute atomic E-state index is 0.144. The Bertz CT molecular complexity index is 350. The fourth-order valence-electron chi connectivity index (χ4n) is 1.71. The summed E-state index contributed by atoms with van der Waals surface area (Å²) in [4.78, 5) is 12.9. The van der Waals surface area contributed by atoms with E-state index in [0.717, 1.165) is 19.1 Å². The van der Waals surface area contributed by atoms with E-state index in [1.165, 1.54) is 6.08 Å². The van der Waals surface area contributed by atoms with Crippen molar-refractivity contribution in [2.75, 3.05) is 19.3 Å². The highest BCUT2D eigenvalue weighted by Crippen LogP contribution is 2.11. The summed E-state index contributed by atoms with van der Waals surface area (Å²) in [7, 11) is -3.19. The maximum Gasteiger partial charge on any atom is 0.246 e. The molecule has 1 aliphatic rings. The first kappa shape index (κ1) is 12.2. The van der Waals surface area contributed by atoms with Gasteiger partial charge in [0.1, 0.15) is 0 Å². The van der Waals surface area contributed by atoms with Gasteiger partial charge in [-0.25, -0.2) is 13.1 Å². The van der Waals surface area contributed by atoms with Crippen LogP contribution in [-0.2, 0) is 14.8 Å². The van der Waals surface area contributed by atoms with Crippen molar-refractivity contribution in [3.63, 3.8) is 0 Å². The third-order valence-electron chi connectivity index (χ3n) is 2.29. The van der Waals surface area contributed by atoms with Crippen LogP contribution in [0, 0.1) is 0 Å². The first-order valence-electron chi connectivity index (χ1n) is 4.81. The van der Waals surface area contributed by atoms with Crippen LogP contribution in [0.4, 0.5) is 0 Å². The molecule has 0 aliphatic carbocycles. The molecule has 5 nitrogen and oxygen atoms in total. The fraction of sp³-hybridized carbons (Fsp3) is 0.667. The molecular formula is C9H16N2O3S. The Hall–Kier alpha value is -0.880. The lowest BCUT2D eigenvalue weighted by atomic mass is 10.1. The maximum atomic E-state index is 11.3. The predicted molar refractivity (Wildman–Crippen MR) is 57.8 cm³/mol. The van der Waals surface area contributed by atoms with Crippen molar-refractivity contribution in [3.8, 4) is 0 Å². The second kappa shape index (κ2) is 4.76. The average molecular weight is 232 g/mol. The SMILES string of the molecule is C=CC(=O)N1CCC[C@@H](NS(C)(=O)=O)C1. The quantitative estimate of drug-likeness (QED) is 0.680. The van der Waals surface area contributed by atoms with Crippen LogP contribution in [0.1, 0.15) is 12.8 Å². The Kier molecular flexibility index (Phi) is 3.87. The second-order valence-corrected chi connectivity index (χ2v) is 5.50. The molecule has 0 aromatic carbocycles. The minimum Gasteiger partial charge on any atom is -0.338 e. The molecule has 1 amide bonds. The van der Waals surface area contributed by atoms with Gasteiger partial charge in [-0.1, -0.05) is 6.58 Å². The van der Waals surface area contributed by atoms with Crippen LogP contribution < -0.4 is 4.72 Å². The topological polar surface area (TPSA) is 66.5 Å². The summed E-state index contributed by atoms with van der Waals surface area (Å²) >= 11 is 0. The normalized spacial score (nSPS) is 22.5. The van der Waals surface area contributed by atoms with E-state index in [-0.39, 0.29) is 11.9 Å². The van der Waals surface area contributed by atoms with Gasteiger partial charge in [0.2, 0.25) is 15.9 Å². The molecule has 1 rings (SSSR count). The molecule has 15 heavy (non-hydrogen) atoms. The number of hydrogen-bond donors (Lipinski definition) is 1. The molecule has 1 atom stereocenters. The van der Waals surface area contributed by atoms with Gasteiger partial charge < -0.3 is 4.90 Å². The van der Waals surface area contributed by atoms with E-state index in [2.05, 4.69) is 11.3 Å². The number of piperidine rings is 1. The Morgan fingerprint density at radius 1 is 1.60 bits per heavy atom. The standard InChI is InChI=1S/C9H16N2O3S/c1-3-9(12)11-6-4-5-8(7-11)10-15(2,13)14/h3,8,10H,1,4-7H2,2H3/t8-/m1/s1. The minimum atomic E-state index is -3.19. The van der Waals surface area contributed by atoms with Gasteiger partial charge in [0.15, 0.2) is 0 Å². The van der Waals surface area contributed by atoms with Crippen LogP contribution in [0.15, 0.2) is 12.7 Å². The number of carbonyl (C=O) groups excluding carboxylic acids is 1. The third-order valence-corrected chi connectivity index (χ3v) is 3.05. The zero-order valence-corrected chi connectivity index (χ0v) is 9.59. The van der Waals surface area contributed by atoms with Crippen molar-refractivity contribution in [1.82, 2.24) is 9.62 Å². The molecule has 86 valence electrons. The molecule has 0 bridgehead atoms. The molecule has 0 aromatic rings. The predicted octanol–water partition coefficient (Wildman–Crippen LogP) is -0.287. The van der Waals surface area contributed by atoms with E-state index in [4.69, 9.17) is 0 Å². The molecule has 1 heterocycles. The van der Waals surface area contributed by atoms with Gasteiger partial charge in [-0.15, -0.1) is 0 Å². The zero-order chi connectivity index (χ0) is 11.5. The summed E-state index contributed by atoms with van der Waals surface area (Å²) in [5.41, 5.74) is 0. The van der Waals surface area contributed by atoms with Crippen molar-refractivity contribution in [2.24, 2.45) is 0 Å². The van der Waals surface area contributed by atoms with Gasteiger partial charge in [-0.3, -0.25) is 4.79 Å². The van der Waals surface area contributed by atoms with Crippen LogP contribution in [0.25, 0.3) is 0 Å². The summed E-state index contributed by atoms with van der Waals surface area (Å²) in [6, 6.07) is -0.169. The summed E-state index contributed by atoms with van der Waals surface area (Å²) in [5, 5.41) is 0. The molecule has 0 radical (unpaired) electrons. The van der Waals surface area contributed by atoms with E-state index in [9.17, 15) is 13.2 Å². The Balaban J connectivity index is 2.56. The largest absolute Gasteiger partial charge is 0.338 e. The van der Waals surface area contributed by atoms with Crippen LogP contribution in [0.2, 0.25) is 0 Å². The first-order chi connectivity index (χ1) is 6.92. The highest BCUT2D eigenvalue weighted by atomic mass is 32.2. The Labute approximate surface area is 90.2 Å². The average Bonchev–Trinajstić information content (AvgIpc) is 2.14. The third kappa shape index (κ3) is 4.01. The summed E-state index contributed by atoms with van der Waals surface area (Å²) in [5.74, 6) is -0.144.